The Morgan fingerprint density at radius 2 is 2.04 bits per heavy atom. The smallest absolute Gasteiger partial charge is 0.388 e. The van der Waals surface area contributed by atoms with Crippen molar-refractivity contribution in [2.24, 2.45) is 11.8 Å². The van der Waals surface area contributed by atoms with Gasteiger partial charge < -0.3 is 20.1 Å². The zero-order chi connectivity index (χ0) is 16.5. The quantitative estimate of drug-likeness (QED) is 0.735. The number of anilines is 2. The van der Waals surface area contributed by atoms with Crippen LogP contribution < -0.4 is 20.1 Å². The Labute approximate surface area is 136 Å². The summed E-state index contributed by atoms with van der Waals surface area (Å²) in [5.41, 5.74) is 0. The van der Waals surface area contributed by atoms with E-state index in [1.807, 2.05) is 0 Å². The molecule has 1 saturated carbocycles. The van der Waals surface area contributed by atoms with Crippen LogP contribution in [-0.2, 0) is 0 Å². The van der Waals surface area contributed by atoms with Crippen LogP contribution in [0.4, 0.5) is 20.4 Å². The minimum atomic E-state index is -2.92. The van der Waals surface area contributed by atoms with Gasteiger partial charge in [-0.15, -0.1) is 5.10 Å². The standard InChI is InChI=1S/C14H16F2N6O2/c15-14(16)24-11-2-9(21-22-11)19-10-5-18-6-12(20-10)23-13-7-1-8(13)4-17-3-7/h2,5-8,13-14,17H,1,3-4H2,(H2,19,20,21,22). The largest absolute Gasteiger partial charge is 0.473 e. The van der Waals surface area contributed by atoms with Gasteiger partial charge in [0.15, 0.2) is 5.82 Å². The van der Waals surface area contributed by atoms with Crippen molar-refractivity contribution in [3.05, 3.63) is 18.5 Å². The molecule has 1 saturated heterocycles. The number of hydrogen-bond acceptors (Lipinski definition) is 7. The summed E-state index contributed by atoms with van der Waals surface area (Å²) in [6, 6.07) is 1.31. The third kappa shape index (κ3) is 3.09. The van der Waals surface area contributed by atoms with Crippen LogP contribution in [0.3, 0.4) is 0 Å². The van der Waals surface area contributed by atoms with Crippen LogP contribution >= 0.6 is 0 Å². The molecule has 2 aromatic rings. The van der Waals surface area contributed by atoms with Gasteiger partial charge in [-0.2, -0.15) is 13.8 Å². The molecular weight excluding hydrogens is 322 g/mol. The second kappa shape index (κ2) is 6.19. The monoisotopic (exact) mass is 338 g/mol. The van der Waals surface area contributed by atoms with E-state index in [1.54, 1.807) is 6.20 Å². The number of fused-ring (bicyclic) bond motifs is 2. The van der Waals surface area contributed by atoms with Crippen LogP contribution in [0.25, 0.3) is 0 Å². The summed E-state index contributed by atoms with van der Waals surface area (Å²) in [6.45, 7) is -0.990. The van der Waals surface area contributed by atoms with E-state index in [4.69, 9.17) is 4.74 Å². The fourth-order valence-corrected chi connectivity index (χ4v) is 3.15. The number of alkyl halides is 2. The molecule has 4 rings (SSSR count). The SMILES string of the molecule is FC(F)Oc1cc(Nc2cncc(OC3C4CNCC3C4)n2)[nH]n1. The molecule has 3 N–H and O–H groups in total. The molecule has 0 amide bonds. The predicted octanol–water partition coefficient (Wildman–Crippen LogP) is 1.53. The molecule has 2 atom stereocenters. The fourth-order valence-electron chi connectivity index (χ4n) is 3.15. The van der Waals surface area contributed by atoms with Crippen LogP contribution in [0.5, 0.6) is 11.8 Å². The van der Waals surface area contributed by atoms with Gasteiger partial charge in [-0.3, -0.25) is 10.1 Å². The van der Waals surface area contributed by atoms with Crippen molar-refractivity contribution in [2.45, 2.75) is 19.1 Å². The molecule has 128 valence electrons. The number of nitrogens with one attached hydrogen (secondary N) is 3. The van der Waals surface area contributed by atoms with Gasteiger partial charge in [-0.1, -0.05) is 0 Å². The Morgan fingerprint density at radius 3 is 2.79 bits per heavy atom. The molecule has 1 aliphatic heterocycles. The van der Waals surface area contributed by atoms with Crippen LogP contribution in [0, 0.1) is 11.8 Å². The molecular formula is C14H16F2N6O2. The van der Waals surface area contributed by atoms with E-state index in [0.717, 1.165) is 13.1 Å². The van der Waals surface area contributed by atoms with Crippen molar-refractivity contribution in [3.63, 3.8) is 0 Å². The molecule has 3 heterocycles. The number of aromatic amines is 1. The van der Waals surface area contributed by atoms with Crippen LogP contribution in [-0.4, -0.2) is 46.0 Å². The van der Waals surface area contributed by atoms with Crippen LogP contribution in [0.15, 0.2) is 18.5 Å². The topological polar surface area (TPSA) is 97.0 Å². The van der Waals surface area contributed by atoms with E-state index in [9.17, 15) is 8.78 Å². The molecule has 2 bridgehead atoms. The highest BCUT2D eigenvalue weighted by atomic mass is 19.3. The van der Waals surface area contributed by atoms with Crippen LogP contribution in [0.1, 0.15) is 6.42 Å². The Hall–Kier alpha value is -2.49. The lowest BCUT2D eigenvalue weighted by Crippen LogP contribution is -2.59. The molecule has 0 spiro atoms. The molecule has 2 unspecified atom stereocenters. The van der Waals surface area contributed by atoms with Crippen molar-refractivity contribution >= 4 is 11.6 Å². The molecule has 2 aromatic heterocycles. The first kappa shape index (κ1) is 15.1. The fraction of sp³-hybridized carbons (Fsp3) is 0.500. The lowest BCUT2D eigenvalue weighted by Gasteiger charge is -2.48. The van der Waals surface area contributed by atoms with E-state index < -0.39 is 6.61 Å². The normalized spacial score (nSPS) is 25.2. The number of H-pyrrole nitrogens is 1. The minimum Gasteiger partial charge on any atom is -0.473 e. The van der Waals surface area contributed by atoms with E-state index in [-0.39, 0.29) is 12.0 Å². The molecule has 0 aromatic carbocycles. The average Bonchev–Trinajstić information content (AvgIpc) is 3.00. The van der Waals surface area contributed by atoms with Gasteiger partial charge in [0, 0.05) is 31.0 Å². The predicted molar refractivity (Wildman–Crippen MR) is 79.4 cm³/mol. The van der Waals surface area contributed by atoms with Gasteiger partial charge in [0.25, 0.3) is 0 Å². The molecule has 2 aliphatic rings. The highest BCUT2D eigenvalue weighted by Crippen LogP contribution is 2.39. The molecule has 2 fully saturated rings. The molecule has 0 radical (unpaired) electrons. The number of halogens is 2. The van der Waals surface area contributed by atoms with Crippen molar-refractivity contribution < 1.29 is 18.3 Å². The number of ether oxygens (including phenoxy) is 2. The van der Waals surface area contributed by atoms with Crippen molar-refractivity contribution in [3.8, 4) is 11.8 Å². The number of hydrogen-bond donors (Lipinski definition) is 3. The Morgan fingerprint density at radius 1 is 1.21 bits per heavy atom. The molecule has 24 heavy (non-hydrogen) atoms. The summed E-state index contributed by atoms with van der Waals surface area (Å²) in [4.78, 5) is 8.42. The Kier molecular flexibility index (Phi) is 3.89. The zero-order valence-electron chi connectivity index (χ0n) is 12.6. The van der Waals surface area contributed by atoms with Crippen molar-refractivity contribution in [1.82, 2.24) is 25.5 Å². The Bertz CT molecular complexity index is 698. The maximum absolute atomic E-state index is 12.1. The summed E-state index contributed by atoms with van der Waals surface area (Å²) in [6.07, 6.45) is 4.42. The molecule has 10 heteroatoms. The summed E-state index contributed by atoms with van der Waals surface area (Å²) < 4.78 is 34.4. The van der Waals surface area contributed by atoms with Crippen LogP contribution in [0.2, 0.25) is 0 Å². The first-order chi connectivity index (χ1) is 11.7. The summed E-state index contributed by atoms with van der Waals surface area (Å²) in [7, 11) is 0. The van der Waals surface area contributed by atoms with Crippen molar-refractivity contribution in [2.75, 3.05) is 18.4 Å². The first-order valence-electron chi connectivity index (χ1n) is 7.64. The van der Waals surface area contributed by atoms with Gasteiger partial charge in [-0.05, 0) is 6.42 Å². The summed E-state index contributed by atoms with van der Waals surface area (Å²) >= 11 is 0. The molecule has 1 aliphatic carbocycles. The first-order valence-corrected chi connectivity index (χ1v) is 7.64. The third-order valence-electron chi connectivity index (χ3n) is 4.24. The lowest BCUT2D eigenvalue weighted by atomic mass is 9.69. The maximum Gasteiger partial charge on any atom is 0.388 e. The second-order valence-electron chi connectivity index (χ2n) is 5.86. The average molecular weight is 338 g/mol. The van der Waals surface area contributed by atoms with Gasteiger partial charge >= 0.3 is 6.61 Å². The summed E-state index contributed by atoms with van der Waals surface area (Å²) in [5.74, 6) is 2.05. The van der Waals surface area contributed by atoms with Gasteiger partial charge in [0.1, 0.15) is 11.9 Å². The third-order valence-corrected chi connectivity index (χ3v) is 4.24. The van der Waals surface area contributed by atoms with E-state index in [2.05, 4.69) is 35.5 Å². The van der Waals surface area contributed by atoms with Gasteiger partial charge in [0.2, 0.25) is 11.8 Å². The number of nitrogens with zero attached hydrogens (tertiary/aromatic N) is 3. The maximum atomic E-state index is 12.1. The second-order valence-corrected chi connectivity index (χ2v) is 5.86. The van der Waals surface area contributed by atoms with Gasteiger partial charge in [0.05, 0.1) is 12.4 Å². The lowest BCUT2D eigenvalue weighted by molar-refractivity contribution is -0.0528. The molecule has 8 nitrogen and oxygen atoms in total. The minimum absolute atomic E-state index is 0.175. The highest BCUT2D eigenvalue weighted by Gasteiger charge is 2.45. The van der Waals surface area contributed by atoms with E-state index in [1.165, 1.54) is 18.7 Å². The number of rotatable bonds is 6. The Balaban J connectivity index is 1.40. The summed E-state index contributed by atoms with van der Waals surface area (Å²) in [5, 5.41) is 12.4. The highest BCUT2D eigenvalue weighted by molar-refractivity contribution is 5.52. The number of piperidine rings is 2. The van der Waals surface area contributed by atoms with E-state index >= 15 is 0 Å². The number of aromatic nitrogens is 4. The zero-order valence-corrected chi connectivity index (χ0v) is 12.6. The van der Waals surface area contributed by atoms with Crippen molar-refractivity contribution in [1.29, 1.82) is 0 Å². The van der Waals surface area contributed by atoms with Gasteiger partial charge in [-0.25, -0.2) is 0 Å². The van der Waals surface area contributed by atoms with E-state index in [0.29, 0.717) is 29.4 Å².